The molecule has 0 bridgehead atoms. The molecule has 2 fully saturated rings. The monoisotopic (exact) mass is 446 g/mol. The highest BCUT2D eigenvalue weighted by Gasteiger charge is 2.38. The number of nitrogens with one attached hydrogen (secondary N) is 2. The van der Waals surface area contributed by atoms with Gasteiger partial charge < -0.3 is 9.64 Å². The molecule has 31 heavy (non-hydrogen) atoms. The molecular formula is C18H25F3N6O4. The number of hydroxylamine groups is 2. The molecule has 0 aromatic carbocycles. The highest BCUT2D eigenvalue weighted by atomic mass is 19.4. The summed E-state index contributed by atoms with van der Waals surface area (Å²) in [6, 6.07) is 0. The SMILES string of the molecule is O=CN(O)CC(C(=O)NNc1ncc(N2CCOCC2)c(C(F)(F)F)n1)C1CCCC1. The molecule has 0 radical (unpaired) electrons. The van der Waals surface area contributed by atoms with Gasteiger partial charge in [0.25, 0.3) is 0 Å². The fourth-order valence-electron chi connectivity index (χ4n) is 3.94. The number of ether oxygens (including phenoxy) is 1. The first-order valence-electron chi connectivity index (χ1n) is 10.0. The van der Waals surface area contributed by atoms with E-state index in [4.69, 9.17) is 4.74 Å². The van der Waals surface area contributed by atoms with Crippen LogP contribution in [0.25, 0.3) is 0 Å². The lowest BCUT2D eigenvalue weighted by Crippen LogP contribution is -2.43. The lowest BCUT2D eigenvalue weighted by molar-refractivity contribution is -0.156. The summed E-state index contributed by atoms with van der Waals surface area (Å²) >= 11 is 0. The van der Waals surface area contributed by atoms with E-state index in [0.29, 0.717) is 18.3 Å². The Hall–Kier alpha value is -2.67. The zero-order valence-corrected chi connectivity index (χ0v) is 16.8. The topological polar surface area (TPSA) is 120 Å². The maximum atomic E-state index is 13.6. The van der Waals surface area contributed by atoms with E-state index in [1.807, 2.05) is 0 Å². The van der Waals surface area contributed by atoms with Crippen LogP contribution in [0.5, 0.6) is 0 Å². The van der Waals surface area contributed by atoms with Gasteiger partial charge in [0.1, 0.15) is 0 Å². The summed E-state index contributed by atoms with van der Waals surface area (Å²) in [5.74, 6) is -1.76. The van der Waals surface area contributed by atoms with Gasteiger partial charge in [-0.2, -0.15) is 13.2 Å². The van der Waals surface area contributed by atoms with Gasteiger partial charge in [0.2, 0.25) is 18.3 Å². The van der Waals surface area contributed by atoms with Crippen LogP contribution >= 0.6 is 0 Å². The predicted octanol–water partition coefficient (Wildman–Crippen LogP) is 1.43. The molecule has 2 aliphatic rings. The van der Waals surface area contributed by atoms with Crippen molar-refractivity contribution in [2.75, 3.05) is 43.2 Å². The highest BCUT2D eigenvalue weighted by Crippen LogP contribution is 2.36. The van der Waals surface area contributed by atoms with E-state index in [9.17, 15) is 28.0 Å². The van der Waals surface area contributed by atoms with Crippen molar-refractivity contribution in [1.29, 1.82) is 0 Å². The van der Waals surface area contributed by atoms with Gasteiger partial charge in [-0.3, -0.25) is 25.6 Å². The Morgan fingerprint density at radius 2 is 2.03 bits per heavy atom. The van der Waals surface area contributed by atoms with Crippen LogP contribution in [0.1, 0.15) is 31.4 Å². The van der Waals surface area contributed by atoms with Gasteiger partial charge in [0.15, 0.2) is 5.69 Å². The number of hydrogen-bond acceptors (Lipinski definition) is 8. The molecule has 0 spiro atoms. The minimum absolute atomic E-state index is 0.0493. The fraction of sp³-hybridized carbons (Fsp3) is 0.667. The zero-order valence-electron chi connectivity index (χ0n) is 16.8. The third-order valence-corrected chi connectivity index (χ3v) is 5.50. The summed E-state index contributed by atoms with van der Waals surface area (Å²) in [5.41, 5.74) is 3.37. The van der Waals surface area contributed by atoms with E-state index in [-0.39, 0.29) is 37.6 Å². The number of rotatable bonds is 8. The summed E-state index contributed by atoms with van der Waals surface area (Å²) < 4.78 is 45.9. The Bertz CT molecular complexity index is 769. The van der Waals surface area contributed by atoms with Crippen molar-refractivity contribution in [3.05, 3.63) is 11.9 Å². The standard InChI is InChI=1S/C18H25F3N6O4/c19-18(20,21)15-14(26-5-7-31-8-6-26)9-22-17(23-15)25-24-16(29)13(10-27(30)11-28)12-3-1-2-4-12/h9,11-13,30H,1-8,10H2,(H,24,29)(H,22,23,25). The first-order valence-corrected chi connectivity index (χ1v) is 10.0. The number of morpholine rings is 1. The smallest absolute Gasteiger partial charge is 0.378 e. The van der Waals surface area contributed by atoms with Crippen LogP contribution in [0, 0.1) is 11.8 Å². The van der Waals surface area contributed by atoms with Crippen LogP contribution in [-0.2, 0) is 20.5 Å². The lowest BCUT2D eigenvalue weighted by atomic mass is 9.90. The molecule has 1 unspecified atom stereocenters. The van der Waals surface area contributed by atoms with Crippen LogP contribution in [0.15, 0.2) is 6.20 Å². The zero-order chi connectivity index (χ0) is 22.4. The minimum atomic E-state index is -4.72. The molecule has 3 rings (SSSR count). The van der Waals surface area contributed by atoms with Crippen molar-refractivity contribution in [2.24, 2.45) is 11.8 Å². The van der Waals surface area contributed by atoms with Gasteiger partial charge in [0.05, 0.1) is 37.6 Å². The third-order valence-electron chi connectivity index (χ3n) is 5.50. The Morgan fingerprint density at radius 3 is 2.65 bits per heavy atom. The number of hydrogen-bond donors (Lipinski definition) is 3. The predicted molar refractivity (Wildman–Crippen MR) is 102 cm³/mol. The van der Waals surface area contributed by atoms with Crippen LogP contribution in [0.3, 0.4) is 0 Å². The largest absolute Gasteiger partial charge is 0.435 e. The number of carbonyl (C=O) groups is 2. The van der Waals surface area contributed by atoms with Gasteiger partial charge in [-0.15, -0.1) is 0 Å². The number of aromatic nitrogens is 2. The lowest BCUT2D eigenvalue weighted by Gasteiger charge is -2.30. The average molecular weight is 446 g/mol. The van der Waals surface area contributed by atoms with Crippen LogP contribution in [0.4, 0.5) is 24.8 Å². The highest BCUT2D eigenvalue weighted by molar-refractivity contribution is 5.80. The normalized spacial score (nSPS) is 18.5. The first-order chi connectivity index (χ1) is 14.8. The molecule has 13 heteroatoms. The average Bonchev–Trinajstić information content (AvgIpc) is 3.30. The van der Waals surface area contributed by atoms with Crippen molar-refractivity contribution in [3.63, 3.8) is 0 Å². The molecule has 1 atom stereocenters. The Labute approximate surface area is 176 Å². The van der Waals surface area contributed by atoms with Crippen molar-refractivity contribution in [3.8, 4) is 0 Å². The molecule has 1 aliphatic heterocycles. The first kappa shape index (κ1) is 23.0. The Morgan fingerprint density at radius 1 is 1.35 bits per heavy atom. The molecule has 172 valence electrons. The summed E-state index contributed by atoms with van der Waals surface area (Å²) in [6.45, 7) is 0.963. The van der Waals surface area contributed by atoms with E-state index in [2.05, 4.69) is 20.8 Å². The van der Waals surface area contributed by atoms with E-state index in [1.165, 1.54) is 4.90 Å². The summed E-state index contributed by atoms with van der Waals surface area (Å²) in [6.07, 6.45) is -0.0885. The number of anilines is 2. The van der Waals surface area contributed by atoms with Crippen molar-refractivity contribution < 1.29 is 32.7 Å². The van der Waals surface area contributed by atoms with Gasteiger partial charge in [-0.05, 0) is 18.8 Å². The Balaban J connectivity index is 1.72. The molecule has 10 nitrogen and oxygen atoms in total. The van der Waals surface area contributed by atoms with E-state index >= 15 is 0 Å². The number of halogens is 3. The van der Waals surface area contributed by atoms with Crippen LogP contribution in [-0.4, -0.2) is 65.4 Å². The third kappa shape index (κ3) is 5.94. The van der Waals surface area contributed by atoms with Crippen molar-refractivity contribution >= 4 is 24.0 Å². The van der Waals surface area contributed by atoms with Crippen molar-refractivity contribution in [2.45, 2.75) is 31.9 Å². The maximum absolute atomic E-state index is 13.6. The quantitative estimate of drug-likeness (QED) is 0.312. The number of alkyl halides is 3. The molecule has 1 aromatic heterocycles. The van der Waals surface area contributed by atoms with Gasteiger partial charge in [-0.25, -0.2) is 15.0 Å². The molecule has 1 aliphatic carbocycles. The fourth-order valence-corrected chi connectivity index (χ4v) is 3.94. The summed E-state index contributed by atoms with van der Waals surface area (Å²) in [4.78, 5) is 32.3. The van der Waals surface area contributed by atoms with E-state index in [0.717, 1.165) is 31.9 Å². The molecular weight excluding hydrogens is 421 g/mol. The molecule has 1 saturated heterocycles. The second-order valence-electron chi connectivity index (χ2n) is 7.52. The number of hydrazine groups is 1. The minimum Gasteiger partial charge on any atom is -0.378 e. The van der Waals surface area contributed by atoms with Gasteiger partial charge in [0, 0.05) is 13.1 Å². The van der Waals surface area contributed by atoms with Gasteiger partial charge >= 0.3 is 6.18 Å². The number of amides is 2. The second kappa shape index (κ2) is 10.1. The van der Waals surface area contributed by atoms with Crippen molar-refractivity contribution in [1.82, 2.24) is 20.5 Å². The van der Waals surface area contributed by atoms with Gasteiger partial charge in [-0.1, -0.05) is 12.8 Å². The summed E-state index contributed by atoms with van der Waals surface area (Å²) in [5, 5.41) is 9.89. The summed E-state index contributed by atoms with van der Waals surface area (Å²) in [7, 11) is 0. The number of carbonyl (C=O) groups excluding carboxylic acids is 2. The Kier molecular flexibility index (Phi) is 7.49. The van der Waals surface area contributed by atoms with E-state index < -0.39 is 29.6 Å². The number of nitrogens with zero attached hydrogens (tertiary/aromatic N) is 4. The molecule has 3 N–H and O–H groups in total. The van der Waals surface area contributed by atoms with E-state index in [1.54, 1.807) is 0 Å². The molecule has 2 amide bonds. The van der Waals surface area contributed by atoms with Crippen LogP contribution in [0.2, 0.25) is 0 Å². The van der Waals surface area contributed by atoms with Crippen LogP contribution < -0.4 is 15.8 Å². The molecule has 2 heterocycles. The molecule has 1 saturated carbocycles. The molecule has 1 aromatic rings. The maximum Gasteiger partial charge on any atom is 0.435 e. The second-order valence-corrected chi connectivity index (χ2v) is 7.52.